The van der Waals surface area contributed by atoms with Crippen LogP contribution in [-0.2, 0) is 17.6 Å². The van der Waals surface area contributed by atoms with Crippen LogP contribution in [0, 0.1) is 0 Å². The molecule has 1 aromatic carbocycles. The number of anilines is 1. The van der Waals surface area contributed by atoms with Crippen molar-refractivity contribution in [1.29, 1.82) is 0 Å². The summed E-state index contributed by atoms with van der Waals surface area (Å²) in [4.78, 5) is 20.6. The second-order valence-corrected chi connectivity index (χ2v) is 9.08. The van der Waals surface area contributed by atoms with E-state index in [0.29, 0.717) is 29.2 Å². The molecular weight excluding hydrogens is 436 g/mol. The van der Waals surface area contributed by atoms with E-state index in [-0.39, 0.29) is 18.5 Å². The fourth-order valence-corrected chi connectivity index (χ4v) is 5.30. The second kappa shape index (κ2) is 8.72. The highest BCUT2D eigenvalue weighted by atomic mass is 32.2. The minimum absolute atomic E-state index is 0.0705. The molecule has 160 valence electrons. The molecule has 1 aliphatic heterocycles. The minimum atomic E-state index is -0.0705. The molecule has 0 bridgehead atoms. The lowest BCUT2D eigenvalue weighted by molar-refractivity contribution is -0.116. The van der Waals surface area contributed by atoms with Crippen LogP contribution in [0.15, 0.2) is 40.5 Å². The lowest BCUT2D eigenvalue weighted by atomic mass is 10.0. The first-order valence-corrected chi connectivity index (χ1v) is 11.8. The number of hydrogen-bond donors (Lipinski definition) is 0. The number of amides is 1. The third-order valence-corrected chi connectivity index (χ3v) is 7.01. The molecule has 1 amide bonds. The molecule has 0 N–H and O–H groups in total. The maximum atomic E-state index is 12.9. The Morgan fingerprint density at radius 1 is 1.23 bits per heavy atom. The first-order valence-electron chi connectivity index (χ1n) is 9.97. The van der Waals surface area contributed by atoms with Crippen LogP contribution < -0.4 is 14.4 Å². The van der Waals surface area contributed by atoms with Crippen LogP contribution >= 0.6 is 23.1 Å². The van der Waals surface area contributed by atoms with Gasteiger partial charge in [0, 0.05) is 17.0 Å². The topological polar surface area (TPSA) is 90.6 Å². The van der Waals surface area contributed by atoms with Crippen LogP contribution in [-0.4, -0.2) is 40.2 Å². The molecule has 0 spiro atoms. The summed E-state index contributed by atoms with van der Waals surface area (Å²) in [7, 11) is 0. The van der Waals surface area contributed by atoms with Gasteiger partial charge in [0.1, 0.15) is 0 Å². The number of aryl methyl sites for hydroxylation is 2. The molecule has 0 saturated carbocycles. The van der Waals surface area contributed by atoms with Gasteiger partial charge in [0.15, 0.2) is 16.6 Å². The Morgan fingerprint density at radius 2 is 2.10 bits per heavy atom. The molecule has 5 rings (SSSR count). The summed E-state index contributed by atoms with van der Waals surface area (Å²) in [5.41, 5.74) is 1.86. The van der Waals surface area contributed by atoms with E-state index in [4.69, 9.17) is 18.9 Å². The number of nitrogens with zero attached hydrogens (tertiary/aromatic N) is 4. The van der Waals surface area contributed by atoms with Crippen molar-refractivity contribution in [2.24, 2.45) is 0 Å². The van der Waals surface area contributed by atoms with Gasteiger partial charge in [-0.2, -0.15) is 0 Å². The predicted octanol–water partition coefficient (Wildman–Crippen LogP) is 4.11. The third-order valence-electron chi connectivity index (χ3n) is 5.02. The molecule has 3 heterocycles. The SMILES string of the molecule is C=CCN(C(=O)CSc1nnc(-c2ccc3c(c2)OCO3)o1)c1nc2c(s1)CCCC2. The van der Waals surface area contributed by atoms with Gasteiger partial charge in [0.25, 0.3) is 5.22 Å². The standard InChI is InChI=1S/C21H20N4O4S2/c1-2-9-25(20-22-14-5-3-4-6-17(14)31-20)18(26)11-30-21-24-23-19(29-21)13-7-8-15-16(10-13)28-12-27-15/h2,7-8,10H,1,3-6,9,11-12H2. The van der Waals surface area contributed by atoms with Gasteiger partial charge >= 0.3 is 0 Å². The number of benzene rings is 1. The Hall–Kier alpha value is -2.85. The molecule has 2 aliphatic rings. The number of hydrogen-bond acceptors (Lipinski definition) is 9. The van der Waals surface area contributed by atoms with Gasteiger partial charge in [0.05, 0.1) is 11.4 Å². The van der Waals surface area contributed by atoms with Crippen LogP contribution in [0.4, 0.5) is 5.13 Å². The molecule has 31 heavy (non-hydrogen) atoms. The zero-order valence-electron chi connectivity index (χ0n) is 16.7. The average molecular weight is 457 g/mol. The summed E-state index contributed by atoms with van der Waals surface area (Å²) in [5.74, 6) is 1.80. The summed E-state index contributed by atoms with van der Waals surface area (Å²) < 4.78 is 16.4. The number of thioether (sulfide) groups is 1. The summed E-state index contributed by atoms with van der Waals surface area (Å²) in [6, 6.07) is 5.43. The van der Waals surface area contributed by atoms with Crippen LogP contribution in [0.1, 0.15) is 23.4 Å². The number of rotatable bonds is 7. The number of thiazole rings is 1. The van der Waals surface area contributed by atoms with Crippen molar-refractivity contribution in [3.8, 4) is 23.0 Å². The van der Waals surface area contributed by atoms with Crippen LogP contribution in [0.25, 0.3) is 11.5 Å². The maximum Gasteiger partial charge on any atom is 0.277 e. The van der Waals surface area contributed by atoms with Gasteiger partial charge in [-0.25, -0.2) is 4.98 Å². The molecular formula is C21H20N4O4S2. The Kier molecular flexibility index (Phi) is 5.65. The molecule has 1 aliphatic carbocycles. The third kappa shape index (κ3) is 4.17. The van der Waals surface area contributed by atoms with Crippen LogP contribution in [0.2, 0.25) is 0 Å². The number of carbonyl (C=O) groups is 1. The monoisotopic (exact) mass is 456 g/mol. The Bertz CT molecular complexity index is 1100. The van der Waals surface area contributed by atoms with Crippen LogP contribution in [0.3, 0.4) is 0 Å². The second-order valence-electron chi connectivity index (χ2n) is 7.10. The highest BCUT2D eigenvalue weighted by Crippen LogP contribution is 2.36. The molecule has 8 nitrogen and oxygen atoms in total. The van der Waals surface area contributed by atoms with E-state index in [1.165, 1.54) is 23.1 Å². The van der Waals surface area contributed by atoms with Crippen molar-refractivity contribution in [3.63, 3.8) is 0 Å². The van der Waals surface area contributed by atoms with Gasteiger partial charge in [-0.05, 0) is 43.9 Å². The van der Waals surface area contributed by atoms with E-state index in [0.717, 1.165) is 35.7 Å². The summed E-state index contributed by atoms with van der Waals surface area (Å²) >= 11 is 2.82. The lowest BCUT2D eigenvalue weighted by Crippen LogP contribution is -2.32. The van der Waals surface area contributed by atoms with Gasteiger partial charge in [-0.3, -0.25) is 9.69 Å². The summed E-state index contributed by atoms with van der Waals surface area (Å²) in [6.07, 6.45) is 6.09. The predicted molar refractivity (Wildman–Crippen MR) is 118 cm³/mol. The van der Waals surface area contributed by atoms with Gasteiger partial charge in [-0.1, -0.05) is 17.8 Å². The molecule has 3 aromatic rings. The largest absolute Gasteiger partial charge is 0.454 e. The van der Waals surface area contributed by atoms with Crippen molar-refractivity contribution in [2.75, 3.05) is 24.0 Å². The molecule has 0 saturated heterocycles. The zero-order valence-corrected chi connectivity index (χ0v) is 18.3. The normalized spacial score (nSPS) is 14.3. The van der Waals surface area contributed by atoms with Gasteiger partial charge in [0.2, 0.25) is 18.6 Å². The average Bonchev–Trinajstić information content (AvgIpc) is 3.54. The minimum Gasteiger partial charge on any atom is -0.454 e. The van der Waals surface area contributed by atoms with Crippen molar-refractivity contribution >= 4 is 34.1 Å². The molecule has 0 unspecified atom stereocenters. The number of ether oxygens (including phenoxy) is 2. The Balaban J connectivity index is 1.26. The number of fused-ring (bicyclic) bond motifs is 2. The molecule has 2 aromatic heterocycles. The van der Waals surface area contributed by atoms with Gasteiger partial charge in [-0.15, -0.1) is 28.1 Å². The molecule has 0 fully saturated rings. The molecule has 10 heteroatoms. The van der Waals surface area contributed by atoms with Crippen molar-refractivity contribution in [2.45, 2.75) is 30.9 Å². The first kappa shape index (κ1) is 20.1. The molecule has 0 atom stereocenters. The molecule has 0 radical (unpaired) electrons. The highest BCUT2D eigenvalue weighted by Gasteiger charge is 2.23. The first-order chi connectivity index (χ1) is 15.2. The van der Waals surface area contributed by atoms with E-state index >= 15 is 0 Å². The summed E-state index contributed by atoms with van der Waals surface area (Å²) in [5, 5.41) is 9.22. The zero-order chi connectivity index (χ0) is 21.2. The lowest BCUT2D eigenvalue weighted by Gasteiger charge is -2.17. The van der Waals surface area contributed by atoms with Gasteiger partial charge < -0.3 is 13.9 Å². The number of carbonyl (C=O) groups excluding carboxylic acids is 1. The number of aromatic nitrogens is 3. The Morgan fingerprint density at radius 3 is 2.97 bits per heavy atom. The Labute approximate surface area is 187 Å². The van der Waals surface area contributed by atoms with Crippen LogP contribution in [0.5, 0.6) is 11.5 Å². The van der Waals surface area contributed by atoms with Crippen molar-refractivity contribution < 1.29 is 18.7 Å². The van der Waals surface area contributed by atoms with E-state index < -0.39 is 0 Å². The summed E-state index contributed by atoms with van der Waals surface area (Å²) in [6.45, 7) is 4.40. The van der Waals surface area contributed by atoms with Crippen molar-refractivity contribution in [1.82, 2.24) is 15.2 Å². The fourth-order valence-electron chi connectivity index (χ4n) is 3.49. The maximum absolute atomic E-state index is 12.9. The van der Waals surface area contributed by atoms with E-state index in [2.05, 4.69) is 16.8 Å². The quantitative estimate of drug-likeness (QED) is 0.388. The highest BCUT2D eigenvalue weighted by molar-refractivity contribution is 7.99. The fraction of sp³-hybridized carbons (Fsp3) is 0.333. The van der Waals surface area contributed by atoms with E-state index in [9.17, 15) is 4.79 Å². The smallest absolute Gasteiger partial charge is 0.277 e. The van der Waals surface area contributed by atoms with E-state index in [1.807, 2.05) is 6.07 Å². The van der Waals surface area contributed by atoms with Crippen molar-refractivity contribution in [3.05, 3.63) is 41.4 Å². The van der Waals surface area contributed by atoms with E-state index in [1.54, 1.807) is 34.4 Å².